The molecule has 24 heavy (non-hydrogen) atoms. The maximum atomic E-state index is 12.6. The zero-order valence-corrected chi connectivity index (χ0v) is 13.7. The van der Waals surface area contributed by atoms with Crippen molar-refractivity contribution >= 4 is 32.6 Å². The molecule has 0 atom stereocenters. The average Bonchev–Trinajstić information content (AvgIpc) is 2.85. The van der Waals surface area contributed by atoms with Crippen molar-refractivity contribution in [3.05, 3.63) is 58.1 Å². The summed E-state index contributed by atoms with van der Waals surface area (Å²) in [4.78, 5) is 25.1. The van der Waals surface area contributed by atoms with E-state index in [0.717, 1.165) is 0 Å². The summed E-state index contributed by atoms with van der Waals surface area (Å²) in [6, 6.07) is 9.03. The smallest absolute Gasteiger partial charge is 0.408 e. The standard InChI is InChI=1S/C16H14N2O5S/c1-9-6-13-14(23-16(20)17-13)8-15(9)24(21,22)18-12-5-3-4-11(7-12)10(2)19/h3-8,18H,1-2H3,(H,17,20). The predicted octanol–water partition coefficient (Wildman–Crippen LogP) is 2.43. The average molecular weight is 346 g/mol. The highest BCUT2D eigenvalue weighted by Gasteiger charge is 2.19. The second-order valence-electron chi connectivity index (χ2n) is 5.37. The van der Waals surface area contributed by atoms with Gasteiger partial charge in [-0.3, -0.25) is 14.5 Å². The number of rotatable bonds is 4. The molecule has 0 saturated carbocycles. The number of oxazole rings is 1. The first kappa shape index (κ1) is 16.0. The van der Waals surface area contributed by atoms with E-state index in [0.29, 0.717) is 16.6 Å². The molecule has 124 valence electrons. The fraction of sp³-hybridized carbons (Fsp3) is 0.125. The molecule has 1 aromatic heterocycles. The summed E-state index contributed by atoms with van der Waals surface area (Å²) in [5, 5.41) is 0. The highest BCUT2D eigenvalue weighted by atomic mass is 32.2. The highest BCUT2D eigenvalue weighted by Crippen LogP contribution is 2.24. The van der Waals surface area contributed by atoms with Gasteiger partial charge in [0.25, 0.3) is 10.0 Å². The van der Waals surface area contributed by atoms with E-state index in [9.17, 15) is 18.0 Å². The Kier molecular flexibility index (Phi) is 3.76. The first-order valence-electron chi connectivity index (χ1n) is 7.03. The number of aromatic amines is 1. The monoisotopic (exact) mass is 346 g/mol. The van der Waals surface area contributed by atoms with Crippen molar-refractivity contribution < 1.29 is 17.6 Å². The molecule has 0 radical (unpaired) electrons. The molecular weight excluding hydrogens is 332 g/mol. The molecular formula is C16H14N2O5S. The Balaban J connectivity index is 2.04. The lowest BCUT2D eigenvalue weighted by atomic mass is 10.1. The maximum absolute atomic E-state index is 12.6. The molecule has 3 rings (SSSR count). The molecule has 1 heterocycles. The highest BCUT2D eigenvalue weighted by molar-refractivity contribution is 7.92. The number of ketones is 1. The number of anilines is 1. The van der Waals surface area contributed by atoms with E-state index >= 15 is 0 Å². The lowest BCUT2D eigenvalue weighted by molar-refractivity contribution is 0.101. The molecule has 3 aromatic rings. The van der Waals surface area contributed by atoms with Crippen LogP contribution in [0.15, 0.2) is 50.5 Å². The van der Waals surface area contributed by atoms with Gasteiger partial charge in [-0.05, 0) is 37.6 Å². The number of carbonyl (C=O) groups excluding carboxylic acids is 1. The van der Waals surface area contributed by atoms with Crippen LogP contribution in [0, 0.1) is 6.92 Å². The minimum absolute atomic E-state index is 0.00835. The van der Waals surface area contributed by atoms with Crippen molar-refractivity contribution in [1.82, 2.24) is 4.98 Å². The summed E-state index contributed by atoms with van der Waals surface area (Å²) in [6.07, 6.45) is 0. The summed E-state index contributed by atoms with van der Waals surface area (Å²) in [6.45, 7) is 3.02. The van der Waals surface area contributed by atoms with Gasteiger partial charge in [0.1, 0.15) is 0 Å². The lowest BCUT2D eigenvalue weighted by Crippen LogP contribution is -2.14. The van der Waals surface area contributed by atoms with Crippen LogP contribution in [0.2, 0.25) is 0 Å². The second-order valence-corrected chi connectivity index (χ2v) is 7.02. The van der Waals surface area contributed by atoms with Gasteiger partial charge in [-0.25, -0.2) is 13.2 Å². The molecule has 0 aliphatic heterocycles. The minimum Gasteiger partial charge on any atom is -0.408 e. The number of H-pyrrole nitrogens is 1. The Labute approximate surface area is 137 Å². The Morgan fingerprint density at radius 1 is 1.21 bits per heavy atom. The SMILES string of the molecule is CC(=O)c1cccc(NS(=O)(=O)c2cc3oc(=O)[nH]c3cc2C)c1. The van der Waals surface area contributed by atoms with Gasteiger partial charge in [0, 0.05) is 17.3 Å². The van der Waals surface area contributed by atoms with Gasteiger partial charge in [0.2, 0.25) is 0 Å². The van der Waals surface area contributed by atoms with Crippen molar-refractivity contribution in [3.63, 3.8) is 0 Å². The number of fused-ring (bicyclic) bond motifs is 1. The van der Waals surface area contributed by atoms with E-state index in [-0.39, 0.29) is 21.9 Å². The number of aromatic nitrogens is 1. The van der Waals surface area contributed by atoms with Gasteiger partial charge in [0.15, 0.2) is 11.4 Å². The van der Waals surface area contributed by atoms with Gasteiger partial charge in [-0.15, -0.1) is 0 Å². The number of sulfonamides is 1. The molecule has 2 aromatic carbocycles. The minimum atomic E-state index is -3.91. The van der Waals surface area contributed by atoms with E-state index in [1.54, 1.807) is 25.1 Å². The van der Waals surface area contributed by atoms with Crippen LogP contribution in [0.1, 0.15) is 22.8 Å². The third-order valence-corrected chi connectivity index (χ3v) is 5.05. The van der Waals surface area contributed by atoms with E-state index in [2.05, 4.69) is 9.71 Å². The number of Topliss-reactive ketones (excluding diaryl/α,β-unsaturated/α-hetero) is 1. The first-order valence-corrected chi connectivity index (χ1v) is 8.52. The molecule has 0 spiro atoms. The fourth-order valence-electron chi connectivity index (χ4n) is 2.39. The van der Waals surface area contributed by atoms with Crippen LogP contribution >= 0.6 is 0 Å². The molecule has 0 amide bonds. The predicted molar refractivity (Wildman–Crippen MR) is 88.8 cm³/mol. The van der Waals surface area contributed by atoms with Crippen molar-refractivity contribution in [3.8, 4) is 0 Å². The maximum Gasteiger partial charge on any atom is 0.417 e. The van der Waals surface area contributed by atoms with Crippen molar-refractivity contribution in [2.24, 2.45) is 0 Å². The summed E-state index contributed by atoms with van der Waals surface area (Å²) in [5.41, 5.74) is 1.71. The van der Waals surface area contributed by atoms with E-state index in [1.807, 2.05) is 0 Å². The summed E-state index contributed by atoms with van der Waals surface area (Å²) < 4.78 is 32.6. The zero-order chi connectivity index (χ0) is 17.5. The number of carbonyl (C=O) groups is 1. The second kappa shape index (κ2) is 5.64. The van der Waals surface area contributed by atoms with Crippen LogP contribution in [0.4, 0.5) is 5.69 Å². The third-order valence-electron chi connectivity index (χ3n) is 3.53. The molecule has 0 aliphatic carbocycles. The van der Waals surface area contributed by atoms with Gasteiger partial charge < -0.3 is 4.42 Å². The van der Waals surface area contributed by atoms with E-state index < -0.39 is 15.8 Å². The van der Waals surface area contributed by atoms with E-state index in [4.69, 9.17) is 4.42 Å². The number of hydrogen-bond donors (Lipinski definition) is 2. The molecule has 0 aliphatic rings. The van der Waals surface area contributed by atoms with Crippen LogP contribution in [0.25, 0.3) is 11.1 Å². The Bertz CT molecular complexity index is 1110. The number of aryl methyl sites for hydroxylation is 1. The van der Waals surface area contributed by atoms with Crippen molar-refractivity contribution in [2.75, 3.05) is 4.72 Å². The van der Waals surface area contributed by atoms with Crippen molar-refractivity contribution in [2.45, 2.75) is 18.7 Å². The third kappa shape index (κ3) is 2.95. The lowest BCUT2D eigenvalue weighted by Gasteiger charge is -2.11. The summed E-state index contributed by atoms with van der Waals surface area (Å²) in [5.74, 6) is -0.816. The quantitative estimate of drug-likeness (QED) is 0.705. The Morgan fingerprint density at radius 3 is 2.67 bits per heavy atom. The Hall–Kier alpha value is -2.87. The fourth-order valence-corrected chi connectivity index (χ4v) is 3.68. The summed E-state index contributed by atoms with van der Waals surface area (Å²) >= 11 is 0. The van der Waals surface area contributed by atoms with Gasteiger partial charge in [-0.1, -0.05) is 12.1 Å². The molecule has 0 fully saturated rings. The number of hydrogen-bond acceptors (Lipinski definition) is 5. The largest absolute Gasteiger partial charge is 0.417 e. The zero-order valence-electron chi connectivity index (χ0n) is 12.9. The topological polar surface area (TPSA) is 109 Å². The van der Waals surface area contributed by atoms with Crippen LogP contribution in [-0.4, -0.2) is 19.2 Å². The number of benzene rings is 2. The molecule has 0 unspecified atom stereocenters. The van der Waals surface area contributed by atoms with Crippen LogP contribution in [0.3, 0.4) is 0 Å². The molecule has 7 nitrogen and oxygen atoms in total. The molecule has 0 saturated heterocycles. The Morgan fingerprint density at radius 2 is 1.96 bits per heavy atom. The molecule has 0 bridgehead atoms. The van der Waals surface area contributed by atoms with Gasteiger partial charge in [-0.2, -0.15) is 0 Å². The van der Waals surface area contributed by atoms with Crippen LogP contribution in [-0.2, 0) is 10.0 Å². The summed E-state index contributed by atoms with van der Waals surface area (Å²) in [7, 11) is -3.91. The van der Waals surface area contributed by atoms with Crippen LogP contribution in [0.5, 0.6) is 0 Å². The number of nitrogens with one attached hydrogen (secondary N) is 2. The first-order chi connectivity index (χ1) is 11.3. The van der Waals surface area contributed by atoms with Gasteiger partial charge in [0.05, 0.1) is 10.4 Å². The van der Waals surface area contributed by atoms with Gasteiger partial charge >= 0.3 is 5.76 Å². The molecule has 2 N–H and O–H groups in total. The normalized spacial score (nSPS) is 11.6. The van der Waals surface area contributed by atoms with Crippen LogP contribution < -0.4 is 10.5 Å². The van der Waals surface area contributed by atoms with Crippen molar-refractivity contribution in [1.29, 1.82) is 0 Å². The molecule has 8 heteroatoms. The van der Waals surface area contributed by atoms with E-state index in [1.165, 1.54) is 25.1 Å².